The van der Waals surface area contributed by atoms with Gasteiger partial charge in [-0.2, -0.15) is 5.10 Å². The highest BCUT2D eigenvalue weighted by Crippen LogP contribution is 2.29. The number of rotatable bonds is 4. The average molecular weight is 347 g/mol. The third kappa shape index (κ3) is 3.59. The van der Waals surface area contributed by atoms with Crippen molar-refractivity contribution in [1.82, 2.24) is 0 Å². The summed E-state index contributed by atoms with van der Waals surface area (Å²) < 4.78 is 0. The van der Waals surface area contributed by atoms with Gasteiger partial charge in [0.1, 0.15) is 0 Å². The molecule has 0 saturated carbocycles. The van der Waals surface area contributed by atoms with Crippen LogP contribution in [0, 0.1) is 0 Å². The molecule has 0 aromatic heterocycles. The second-order valence-corrected chi connectivity index (χ2v) is 6.72. The van der Waals surface area contributed by atoms with Gasteiger partial charge in [0.15, 0.2) is 0 Å². The molecule has 3 heteroatoms. The summed E-state index contributed by atoms with van der Waals surface area (Å²) in [7, 11) is 0. The molecule has 0 N–H and O–H groups in total. The first-order chi connectivity index (χ1) is 12.3. The van der Waals surface area contributed by atoms with E-state index in [0.717, 1.165) is 34.8 Å². The molecule has 1 atom stereocenters. The Kier molecular flexibility index (Phi) is 4.53. The van der Waals surface area contributed by atoms with Crippen molar-refractivity contribution in [2.75, 3.05) is 5.01 Å². The SMILES string of the molecule is Clc1ccc(C2=NN(c3ccccc3)C(Cc3ccccc3)C2)cc1. The molecule has 0 amide bonds. The predicted molar refractivity (Wildman–Crippen MR) is 105 cm³/mol. The fourth-order valence-corrected chi connectivity index (χ4v) is 3.40. The van der Waals surface area contributed by atoms with Crippen LogP contribution in [0.25, 0.3) is 0 Å². The zero-order valence-electron chi connectivity index (χ0n) is 13.8. The van der Waals surface area contributed by atoms with Crippen LogP contribution in [0.1, 0.15) is 17.5 Å². The molecule has 0 aliphatic carbocycles. The second kappa shape index (κ2) is 7.12. The molecule has 1 aliphatic heterocycles. The van der Waals surface area contributed by atoms with Gasteiger partial charge in [0.05, 0.1) is 17.4 Å². The lowest BCUT2D eigenvalue weighted by molar-refractivity contribution is 0.657. The minimum absolute atomic E-state index is 0.315. The van der Waals surface area contributed by atoms with E-state index in [1.54, 1.807) is 0 Å². The van der Waals surface area contributed by atoms with Crippen LogP contribution >= 0.6 is 11.6 Å². The zero-order chi connectivity index (χ0) is 17.1. The summed E-state index contributed by atoms with van der Waals surface area (Å²) in [4.78, 5) is 0. The Morgan fingerprint density at radius 2 is 1.48 bits per heavy atom. The number of benzene rings is 3. The smallest absolute Gasteiger partial charge is 0.0703 e. The predicted octanol–water partition coefficient (Wildman–Crippen LogP) is 5.57. The van der Waals surface area contributed by atoms with Crippen LogP contribution in [0.2, 0.25) is 5.02 Å². The third-order valence-corrected chi connectivity index (χ3v) is 4.77. The largest absolute Gasteiger partial charge is 0.261 e. The lowest BCUT2D eigenvalue weighted by Gasteiger charge is -2.23. The summed E-state index contributed by atoms with van der Waals surface area (Å²) in [5.74, 6) is 0. The van der Waals surface area contributed by atoms with Gasteiger partial charge >= 0.3 is 0 Å². The first kappa shape index (κ1) is 15.9. The van der Waals surface area contributed by atoms with E-state index >= 15 is 0 Å². The Hall–Kier alpha value is -2.58. The Morgan fingerprint density at radius 3 is 2.16 bits per heavy atom. The van der Waals surface area contributed by atoms with Crippen LogP contribution in [0.4, 0.5) is 5.69 Å². The Labute approximate surface area is 153 Å². The molecule has 2 nitrogen and oxygen atoms in total. The number of anilines is 1. The minimum atomic E-state index is 0.315. The Bertz CT molecular complexity index is 858. The van der Waals surface area contributed by atoms with Crippen LogP contribution in [-0.2, 0) is 6.42 Å². The van der Waals surface area contributed by atoms with E-state index < -0.39 is 0 Å². The van der Waals surface area contributed by atoms with Crippen molar-refractivity contribution in [1.29, 1.82) is 0 Å². The molecule has 1 aliphatic rings. The molecular formula is C22H19ClN2. The molecule has 1 unspecified atom stereocenters. The highest BCUT2D eigenvalue weighted by atomic mass is 35.5. The Balaban J connectivity index is 1.65. The molecule has 124 valence electrons. The summed E-state index contributed by atoms with van der Waals surface area (Å²) in [5, 5.41) is 7.86. The number of hydrogen-bond acceptors (Lipinski definition) is 2. The van der Waals surface area contributed by atoms with Gasteiger partial charge in [-0.1, -0.05) is 72.3 Å². The molecule has 0 bridgehead atoms. The molecule has 0 spiro atoms. The van der Waals surface area contributed by atoms with Crippen molar-refractivity contribution in [2.24, 2.45) is 5.10 Å². The van der Waals surface area contributed by atoms with Crippen LogP contribution in [0.3, 0.4) is 0 Å². The van der Waals surface area contributed by atoms with Crippen LogP contribution in [0.15, 0.2) is 90.0 Å². The monoisotopic (exact) mass is 346 g/mol. The molecule has 1 heterocycles. The fourth-order valence-electron chi connectivity index (χ4n) is 3.27. The Morgan fingerprint density at radius 1 is 0.840 bits per heavy atom. The molecule has 0 saturated heterocycles. The lowest BCUT2D eigenvalue weighted by Crippen LogP contribution is -2.28. The van der Waals surface area contributed by atoms with E-state index in [1.165, 1.54) is 5.56 Å². The topological polar surface area (TPSA) is 15.6 Å². The van der Waals surface area contributed by atoms with Gasteiger partial charge in [-0.15, -0.1) is 0 Å². The first-order valence-corrected chi connectivity index (χ1v) is 8.89. The van der Waals surface area contributed by atoms with E-state index in [2.05, 4.69) is 71.7 Å². The van der Waals surface area contributed by atoms with E-state index in [9.17, 15) is 0 Å². The summed E-state index contributed by atoms with van der Waals surface area (Å²) in [6.45, 7) is 0. The fraction of sp³-hybridized carbons (Fsp3) is 0.136. The van der Waals surface area contributed by atoms with Gasteiger partial charge in [-0.3, -0.25) is 5.01 Å². The second-order valence-electron chi connectivity index (χ2n) is 6.28. The van der Waals surface area contributed by atoms with Crippen molar-refractivity contribution in [3.8, 4) is 0 Å². The van der Waals surface area contributed by atoms with Crippen molar-refractivity contribution in [3.63, 3.8) is 0 Å². The maximum atomic E-state index is 6.03. The molecule has 4 rings (SSSR count). The van der Waals surface area contributed by atoms with E-state index in [-0.39, 0.29) is 0 Å². The number of hydrogen-bond donors (Lipinski definition) is 0. The maximum absolute atomic E-state index is 6.03. The van der Waals surface area contributed by atoms with Gasteiger partial charge in [-0.25, -0.2) is 0 Å². The van der Waals surface area contributed by atoms with Crippen LogP contribution in [0.5, 0.6) is 0 Å². The average Bonchev–Trinajstić information content (AvgIpc) is 3.08. The zero-order valence-corrected chi connectivity index (χ0v) is 14.6. The summed E-state index contributed by atoms with van der Waals surface area (Å²) >= 11 is 6.03. The van der Waals surface area contributed by atoms with Gasteiger partial charge in [-0.05, 0) is 41.8 Å². The molecule has 0 fully saturated rings. The van der Waals surface area contributed by atoms with Crippen LogP contribution in [-0.4, -0.2) is 11.8 Å². The molecule has 25 heavy (non-hydrogen) atoms. The van der Waals surface area contributed by atoms with E-state index in [1.807, 2.05) is 18.2 Å². The number of para-hydroxylation sites is 1. The first-order valence-electron chi connectivity index (χ1n) is 8.51. The highest BCUT2D eigenvalue weighted by Gasteiger charge is 2.28. The maximum Gasteiger partial charge on any atom is 0.0703 e. The number of halogens is 1. The molecule has 0 radical (unpaired) electrons. The minimum Gasteiger partial charge on any atom is -0.261 e. The van der Waals surface area contributed by atoms with Gasteiger partial charge in [0.25, 0.3) is 0 Å². The van der Waals surface area contributed by atoms with Crippen LogP contribution < -0.4 is 5.01 Å². The van der Waals surface area contributed by atoms with Crippen molar-refractivity contribution >= 4 is 23.0 Å². The highest BCUT2D eigenvalue weighted by molar-refractivity contribution is 6.30. The number of nitrogens with zero attached hydrogens (tertiary/aromatic N) is 2. The quantitative estimate of drug-likeness (QED) is 0.603. The van der Waals surface area contributed by atoms with Gasteiger partial charge < -0.3 is 0 Å². The molecule has 3 aromatic carbocycles. The van der Waals surface area contributed by atoms with Crippen molar-refractivity contribution in [2.45, 2.75) is 18.9 Å². The number of hydrazone groups is 1. The molecular weight excluding hydrogens is 328 g/mol. The van der Waals surface area contributed by atoms with Crippen molar-refractivity contribution < 1.29 is 0 Å². The van der Waals surface area contributed by atoms with Gasteiger partial charge in [0, 0.05) is 11.4 Å². The molecule has 3 aromatic rings. The summed E-state index contributed by atoms with van der Waals surface area (Å²) in [6.07, 6.45) is 1.89. The normalized spacial score (nSPS) is 16.8. The van der Waals surface area contributed by atoms with E-state index in [0.29, 0.717) is 6.04 Å². The van der Waals surface area contributed by atoms with E-state index in [4.69, 9.17) is 16.7 Å². The van der Waals surface area contributed by atoms with Gasteiger partial charge in [0.2, 0.25) is 0 Å². The summed E-state index contributed by atoms with van der Waals surface area (Å²) in [5.41, 5.74) is 4.72. The standard InChI is InChI=1S/C22H19ClN2/c23-19-13-11-18(12-14-19)22-16-21(15-17-7-3-1-4-8-17)25(24-22)20-9-5-2-6-10-20/h1-14,21H,15-16H2. The third-order valence-electron chi connectivity index (χ3n) is 4.52. The lowest BCUT2D eigenvalue weighted by atomic mass is 9.98. The summed E-state index contributed by atoms with van der Waals surface area (Å²) in [6, 6.07) is 29.3. The van der Waals surface area contributed by atoms with Crippen molar-refractivity contribution in [3.05, 3.63) is 101 Å².